The summed E-state index contributed by atoms with van der Waals surface area (Å²) >= 11 is 0. The second-order valence-corrected chi connectivity index (χ2v) is 5.60. The lowest BCUT2D eigenvalue weighted by molar-refractivity contribution is 0.0940. The van der Waals surface area contributed by atoms with Crippen LogP contribution in [0.2, 0.25) is 0 Å². The predicted octanol–water partition coefficient (Wildman–Crippen LogP) is 3.88. The normalized spacial score (nSPS) is 13.5. The Bertz CT molecular complexity index is 685. The quantitative estimate of drug-likeness (QED) is 0.902. The summed E-state index contributed by atoms with van der Waals surface area (Å²) < 4.78 is 0. The van der Waals surface area contributed by atoms with Crippen molar-refractivity contribution in [1.82, 2.24) is 5.32 Å². The fourth-order valence-corrected chi connectivity index (χ4v) is 2.88. The number of hydrogen-bond donors (Lipinski definition) is 2. The molecule has 1 unspecified atom stereocenters. The molecule has 0 radical (unpaired) electrons. The van der Waals surface area contributed by atoms with Crippen LogP contribution in [0.25, 0.3) is 0 Å². The molecule has 0 saturated heterocycles. The molecule has 1 amide bonds. The van der Waals surface area contributed by atoms with Gasteiger partial charge in [0.15, 0.2) is 0 Å². The van der Waals surface area contributed by atoms with E-state index >= 15 is 0 Å². The van der Waals surface area contributed by atoms with Gasteiger partial charge in [-0.05, 0) is 55.2 Å². The van der Waals surface area contributed by atoms with E-state index in [2.05, 4.69) is 29.7 Å². The first-order chi connectivity index (χ1) is 10.1. The first-order valence-electron chi connectivity index (χ1n) is 7.38. The summed E-state index contributed by atoms with van der Waals surface area (Å²) in [5.74, 6) is -0.0135. The molecule has 1 atom stereocenters. The molecule has 0 aromatic heterocycles. The number of nitrogens with one attached hydrogen (secondary N) is 2. The zero-order valence-electron chi connectivity index (χ0n) is 12.8. The number of anilines is 1. The average Bonchev–Trinajstić information content (AvgIpc) is 2.94. The molecule has 116 valence electrons. The van der Waals surface area contributed by atoms with Gasteiger partial charge in [-0.3, -0.25) is 4.79 Å². The summed E-state index contributed by atoms with van der Waals surface area (Å²) in [6.07, 6.45) is 0.990. The molecule has 0 fully saturated rings. The highest BCUT2D eigenvalue weighted by Crippen LogP contribution is 2.23. The summed E-state index contributed by atoms with van der Waals surface area (Å²) in [6.45, 7) is 5.05. The van der Waals surface area contributed by atoms with Crippen LogP contribution in [0.15, 0.2) is 42.5 Å². The molecule has 0 aliphatic carbocycles. The Kier molecular flexibility index (Phi) is 5.09. The van der Waals surface area contributed by atoms with Crippen molar-refractivity contribution in [2.75, 3.05) is 11.9 Å². The summed E-state index contributed by atoms with van der Waals surface area (Å²) in [5.41, 5.74) is 5.47. The van der Waals surface area contributed by atoms with Crippen molar-refractivity contribution in [3.8, 4) is 0 Å². The molecule has 0 saturated carbocycles. The van der Waals surface area contributed by atoms with Gasteiger partial charge in [0.25, 0.3) is 5.91 Å². The van der Waals surface area contributed by atoms with E-state index in [0.717, 1.165) is 29.8 Å². The number of amides is 1. The van der Waals surface area contributed by atoms with Gasteiger partial charge in [0, 0.05) is 17.8 Å². The highest BCUT2D eigenvalue weighted by molar-refractivity contribution is 5.95. The fraction of sp³-hybridized carbons (Fsp3) is 0.278. The van der Waals surface area contributed by atoms with E-state index in [1.54, 1.807) is 0 Å². The minimum Gasteiger partial charge on any atom is -0.384 e. The molecule has 2 aromatic carbocycles. The van der Waals surface area contributed by atoms with Crippen molar-refractivity contribution >= 4 is 24.0 Å². The van der Waals surface area contributed by atoms with Gasteiger partial charge in [0.1, 0.15) is 0 Å². The third kappa shape index (κ3) is 3.25. The smallest absolute Gasteiger partial charge is 0.251 e. The van der Waals surface area contributed by atoms with Gasteiger partial charge >= 0.3 is 0 Å². The Balaban J connectivity index is 0.00000176. The lowest BCUT2D eigenvalue weighted by Crippen LogP contribution is -2.27. The molecule has 3 nitrogen and oxygen atoms in total. The number of aryl methyl sites for hydroxylation is 1. The number of carbonyl (C=O) groups is 1. The second-order valence-electron chi connectivity index (χ2n) is 5.60. The molecule has 1 aliphatic heterocycles. The summed E-state index contributed by atoms with van der Waals surface area (Å²) in [5, 5.41) is 6.39. The van der Waals surface area contributed by atoms with Crippen molar-refractivity contribution in [3.63, 3.8) is 0 Å². The van der Waals surface area contributed by atoms with Crippen molar-refractivity contribution < 1.29 is 4.79 Å². The van der Waals surface area contributed by atoms with E-state index in [1.807, 2.05) is 37.3 Å². The van der Waals surface area contributed by atoms with Crippen molar-refractivity contribution in [3.05, 3.63) is 64.7 Å². The van der Waals surface area contributed by atoms with E-state index in [1.165, 1.54) is 11.1 Å². The Hall–Kier alpha value is -2.00. The third-order valence-electron chi connectivity index (χ3n) is 4.08. The topological polar surface area (TPSA) is 41.1 Å². The maximum atomic E-state index is 12.4. The van der Waals surface area contributed by atoms with Crippen LogP contribution < -0.4 is 10.6 Å². The molecule has 1 aliphatic rings. The lowest BCUT2D eigenvalue weighted by atomic mass is 10.0. The second kappa shape index (κ2) is 6.84. The molecule has 0 bridgehead atoms. The summed E-state index contributed by atoms with van der Waals surface area (Å²) in [7, 11) is 0. The van der Waals surface area contributed by atoms with Crippen molar-refractivity contribution in [2.45, 2.75) is 26.3 Å². The average molecular weight is 317 g/mol. The third-order valence-corrected chi connectivity index (χ3v) is 4.08. The van der Waals surface area contributed by atoms with E-state index in [-0.39, 0.29) is 24.4 Å². The van der Waals surface area contributed by atoms with Crippen LogP contribution in [0.1, 0.15) is 40.0 Å². The van der Waals surface area contributed by atoms with Gasteiger partial charge in [-0.1, -0.05) is 24.3 Å². The molecule has 1 heterocycles. The summed E-state index contributed by atoms with van der Waals surface area (Å²) in [6, 6.07) is 14.0. The standard InChI is InChI=1S/C18H20N2O.ClH/c1-12-5-3-4-6-16(12)13(2)20-18(21)15-7-8-17-14(11-15)9-10-19-17;/h3-8,11,13,19H,9-10H2,1-2H3,(H,20,21);1H. The SMILES string of the molecule is Cc1ccccc1C(C)NC(=O)c1ccc2c(c1)CCN2.Cl. The fourth-order valence-electron chi connectivity index (χ4n) is 2.88. The molecular formula is C18H21ClN2O. The Morgan fingerprint density at radius 1 is 1.23 bits per heavy atom. The predicted molar refractivity (Wildman–Crippen MR) is 92.9 cm³/mol. The number of benzene rings is 2. The van der Waals surface area contributed by atoms with E-state index in [0.29, 0.717) is 0 Å². The molecule has 2 N–H and O–H groups in total. The zero-order valence-corrected chi connectivity index (χ0v) is 13.7. The number of carbonyl (C=O) groups excluding carboxylic acids is 1. The zero-order chi connectivity index (χ0) is 14.8. The van der Waals surface area contributed by atoms with Gasteiger partial charge in [-0.2, -0.15) is 0 Å². The maximum Gasteiger partial charge on any atom is 0.251 e. The molecular weight excluding hydrogens is 296 g/mol. The van der Waals surface area contributed by atoms with Crippen LogP contribution >= 0.6 is 12.4 Å². The van der Waals surface area contributed by atoms with Crippen LogP contribution in [0.3, 0.4) is 0 Å². The van der Waals surface area contributed by atoms with E-state index in [9.17, 15) is 4.79 Å². The maximum absolute atomic E-state index is 12.4. The van der Waals surface area contributed by atoms with Crippen LogP contribution in [-0.2, 0) is 6.42 Å². The summed E-state index contributed by atoms with van der Waals surface area (Å²) in [4.78, 5) is 12.4. The van der Waals surface area contributed by atoms with E-state index < -0.39 is 0 Å². The highest BCUT2D eigenvalue weighted by atomic mass is 35.5. The number of halogens is 1. The molecule has 2 aromatic rings. The molecule has 22 heavy (non-hydrogen) atoms. The van der Waals surface area contributed by atoms with Gasteiger partial charge in [-0.25, -0.2) is 0 Å². The van der Waals surface area contributed by atoms with Crippen LogP contribution in [0.4, 0.5) is 5.69 Å². The van der Waals surface area contributed by atoms with Crippen LogP contribution in [0, 0.1) is 6.92 Å². The first kappa shape index (κ1) is 16.4. The first-order valence-corrected chi connectivity index (χ1v) is 7.38. The number of rotatable bonds is 3. The largest absolute Gasteiger partial charge is 0.384 e. The molecule has 3 rings (SSSR count). The Morgan fingerprint density at radius 2 is 2.00 bits per heavy atom. The van der Waals surface area contributed by atoms with Crippen LogP contribution in [-0.4, -0.2) is 12.5 Å². The van der Waals surface area contributed by atoms with Gasteiger partial charge in [-0.15, -0.1) is 12.4 Å². The van der Waals surface area contributed by atoms with Gasteiger partial charge in [0.05, 0.1) is 6.04 Å². The Labute approximate surface area is 137 Å². The van der Waals surface area contributed by atoms with Crippen LogP contribution in [0.5, 0.6) is 0 Å². The number of fused-ring (bicyclic) bond motifs is 1. The minimum atomic E-state index is -0.0135. The number of hydrogen-bond acceptors (Lipinski definition) is 2. The highest BCUT2D eigenvalue weighted by Gasteiger charge is 2.16. The minimum absolute atomic E-state index is 0. The van der Waals surface area contributed by atoms with E-state index in [4.69, 9.17) is 0 Å². The van der Waals surface area contributed by atoms with Crippen molar-refractivity contribution in [2.24, 2.45) is 0 Å². The Morgan fingerprint density at radius 3 is 2.77 bits per heavy atom. The lowest BCUT2D eigenvalue weighted by Gasteiger charge is -2.17. The van der Waals surface area contributed by atoms with Crippen molar-refractivity contribution in [1.29, 1.82) is 0 Å². The molecule has 4 heteroatoms. The van der Waals surface area contributed by atoms with Gasteiger partial charge in [0.2, 0.25) is 0 Å². The monoisotopic (exact) mass is 316 g/mol. The van der Waals surface area contributed by atoms with Gasteiger partial charge < -0.3 is 10.6 Å². The molecule has 0 spiro atoms.